The molecule has 0 saturated carbocycles. The zero-order chi connectivity index (χ0) is 11.8. The second-order valence-electron chi connectivity index (χ2n) is 3.07. The summed E-state index contributed by atoms with van der Waals surface area (Å²) in [6, 6.07) is 0. The molecule has 0 aliphatic rings. The lowest BCUT2D eigenvalue weighted by Crippen LogP contribution is -2.20. The zero-order valence-corrected chi connectivity index (χ0v) is 8.91. The molecule has 15 heavy (non-hydrogen) atoms. The minimum atomic E-state index is -0.805. The largest absolute Gasteiger partial charge is 0.421 e. The molecule has 0 bridgehead atoms. The number of nitrogens with two attached hydrogens (primary N) is 1. The molecule has 0 heterocycles. The number of amides is 1. The Balaban J connectivity index is 4.35. The van der Waals surface area contributed by atoms with Crippen LogP contribution in [-0.2, 0) is 19.1 Å². The average molecular weight is 213 g/mol. The molecule has 5 nitrogen and oxygen atoms in total. The highest BCUT2D eigenvalue weighted by molar-refractivity contribution is 5.98. The van der Waals surface area contributed by atoms with Crippen LogP contribution in [0.2, 0.25) is 0 Å². The second-order valence-corrected chi connectivity index (χ2v) is 3.07. The summed E-state index contributed by atoms with van der Waals surface area (Å²) >= 11 is 0. The number of hydrogen-bond donors (Lipinski definition) is 1. The molecule has 0 rings (SSSR count). The predicted octanol–water partition coefficient (Wildman–Crippen LogP) is 0.678. The van der Waals surface area contributed by atoms with Crippen LogP contribution in [-0.4, -0.2) is 17.7 Å². The van der Waals surface area contributed by atoms with E-state index >= 15 is 0 Å². The predicted molar refractivity (Wildman–Crippen MR) is 53.6 cm³/mol. The molecule has 0 spiro atoms. The Morgan fingerprint density at radius 3 is 2.33 bits per heavy atom. The Labute approximate surface area is 88.3 Å². The van der Waals surface area contributed by atoms with Crippen LogP contribution in [0.15, 0.2) is 11.8 Å². The first-order chi connectivity index (χ1) is 6.97. The summed E-state index contributed by atoms with van der Waals surface area (Å²) in [6.07, 6.45) is 2.49. The molecule has 0 aliphatic carbocycles. The van der Waals surface area contributed by atoms with E-state index in [1.807, 2.05) is 6.92 Å². The van der Waals surface area contributed by atoms with Gasteiger partial charge in [0.05, 0.1) is 0 Å². The standard InChI is InChI=1S/C10H15NO4/c1-3-4-5-8(10(11)14)15-9(13)6-7(2)12/h5H,3-4,6H2,1-2H3,(H2,11,14). The molecule has 0 aliphatic heterocycles. The first-order valence-corrected chi connectivity index (χ1v) is 4.67. The Kier molecular flexibility index (Phi) is 6.01. The number of hydrogen-bond acceptors (Lipinski definition) is 4. The minimum absolute atomic E-state index is 0.192. The quantitative estimate of drug-likeness (QED) is 0.304. The highest BCUT2D eigenvalue weighted by atomic mass is 16.5. The molecule has 84 valence electrons. The van der Waals surface area contributed by atoms with Gasteiger partial charge in [0.2, 0.25) is 0 Å². The van der Waals surface area contributed by atoms with Gasteiger partial charge in [0, 0.05) is 0 Å². The van der Waals surface area contributed by atoms with Crippen LogP contribution in [0.5, 0.6) is 0 Å². The number of unbranched alkanes of at least 4 members (excludes halogenated alkanes) is 1. The Hall–Kier alpha value is -1.65. The van der Waals surface area contributed by atoms with Gasteiger partial charge in [-0.2, -0.15) is 0 Å². The molecule has 0 saturated heterocycles. The van der Waals surface area contributed by atoms with Crippen molar-refractivity contribution in [3.63, 3.8) is 0 Å². The molecular weight excluding hydrogens is 198 g/mol. The van der Waals surface area contributed by atoms with Gasteiger partial charge in [0.1, 0.15) is 12.2 Å². The van der Waals surface area contributed by atoms with Crippen molar-refractivity contribution in [3.8, 4) is 0 Å². The van der Waals surface area contributed by atoms with Crippen LogP contribution in [0.25, 0.3) is 0 Å². The third-order valence-corrected chi connectivity index (χ3v) is 1.48. The number of esters is 1. The summed E-state index contributed by atoms with van der Waals surface area (Å²) in [5.74, 6) is -2.08. The van der Waals surface area contributed by atoms with Gasteiger partial charge in [-0.25, -0.2) is 0 Å². The zero-order valence-electron chi connectivity index (χ0n) is 8.91. The van der Waals surface area contributed by atoms with Gasteiger partial charge in [-0.1, -0.05) is 13.3 Å². The number of allylic oxidation sites excluding steroid dienone is 1. The second kappa shape index (κ2) is 6.75. The van der Waals surface area contributed by atoms with Gasteiger partial charge in [-0.05, 0) is 19.4 Å². The van der Waals surface area contributed by atoms with E-state index in [0.29, 0.717) is 6.42 Å². The average Bonchev–Trinajstić information content (AvgIpc) is 2.10. The number of primary amides is 1. The molecule has 0 radical (unpaired) electrons. The van der Waals surface area contributed by atoms with Crippen molar-refractivity contribution in [2.75, 3.05) is 0 Å². The molecular formula is C10H15NO4. The van der Waals surface area contributed by atoms with Gasteiger partial charge in [-0.3, -0.25) is 14.4 Å². The van der Waals surface area contributed by atoms with Crippen molar-refractivity contribution < 1.29 is 19.1 Å². The minimum Gasteiger partial charge on any atom is -0.421 e. The summed E-state index contributed by atoms with van der Waals surface area (Å²) in [4.78, 5) is 32.4. The molecule has 0 aromatic heterocycles. The van der Waals surface area contributed by atoms with Crippen LogP contribution in [0.4, 0.5) is 0 Å². The summed E-state index contributed by atoms with van der Waals surface area (Å²) < 4.78 is 4.65. The molecule has 0 unspecified atom stereocenters. The molecule has 0 aromatic carbocycles. The topological polar surface area (TPSA) is 86.5 Å². The van der Waals surface area contributed by atoms with Crippen LogP contribution < -0.4 is 5.73 Å². The summed E-state index contributed by atoms with van der Waals surface area (Å²) in [5, 5.41) is 0. The van der Waals surface area contributed by atoms with Crippen molar-refractivity contribution >= 4 is 17.7 Å². The van der Waals surface area contributed by atoms with Gasteiger partial charge in [-0.15, -0.1) is 0 Å². The van der Waals surface area contributed by atoms with E-state index in [0.717, 1.165) is 6.42 Å². The smallest absolute Gasteiger partial charge is 0.318 e. The molecule has 0 aromatic rings. The van der Waals surface area contributed by atoms with Crippen LogP contribution in [0.1, 0.15) is 33.1 Å². The van der Waals surface area contributed by atoms with Crippen molar-refractivity contribution in [2.24, 2.45) is 5.73 Å². The lowest BCUT2D eigenvalue weighted by molar-refractivity contribution is -0.144. The highest BCUT2D eigenvalue weighted by Gasteiger charge is 2.13. The number of ketones is 1. The lowest BCUT2D eigenvalue weighted by Gasteiger charge is -2.03. The number of ether oxygens (including phenoxy) is 1. The Morgan fingerprint density at radius 2 is 1.93 bits per heavy atom. The van der Waals surface area contributed by atoms with Crippen LogP contribution in [0, 0.1) is 0 Å². The lowest BCUT2D eigenvalue weighted by atomic mass is 10.3. The SMILES string of the molecule is CCCC=C(OC(=O)CC(C)=O)C(N)=O. The Bertz CT molecular complexity index is 294. The number of rotatable bonds is 6. The molecule has 2 N–H and O–H groups in total. The first kappa shape index (κ1) is 13.4. The van der Waals surface area contributed by atoms with Crippen LogP contribution >= 0.6 is 0 Å². The molecule has 5 heteroatoms. The third kappa shape index (κ3) is 6.42. The van der Waals surface area contributed by atoms with Crippen molar-refractivity contribution in [3.05, 3.63) is 11.8 Å². The van der Waals surface area contributed by atoms with Gasteiger partial charge in [0.25, 0.3) is 5.91 Å². The fourth-order valence-corrected chi connectivity index (χ4v) is 0.830. The van der Waals surface area contributed by atoms with E-state index in [1.165, 1.54) is 13.0 Å². The van der Waals surface area contributed by atoms with Crippen molar-refractivity contribution in [1.82, 2.24) is 0 Å². The fraction of sp³-hybridized carbons (Fsp3) is 0.500. The third-order valence-electron chi connectivity index (χ3n) is 1.48. The maximum Gasteiger partial charge on any atom is 0.318 e. The maximum atomic E-state index is 11.0. The van der Waals surface area contributed by atoms with Crippen molar-refractivity contribution in [2.45, 2.75) is 33.1 Å². The van der Waals surface area contributed by atoms with Crippen LogP contribution in [0.3, 0.4) is 0 Å². The van der Waals surface area contributed by atoms with E-state index in [4.69, 9.17) is 5.73 Å². The van der Waals surface area contributed by atoms with E-state index in [-0.39, 0.29) is 18.0 Å². The number of Topliss-reactive ketones (excluding diaryl/α,β-unsaturated/α-hetero) is 1. The molecule has 0 atom stereocenters. The summed E-state index contributed by atoms with van der Waals surface area (Å²) in [6.45, 7) is 3.17. The van der Waals surface area contributed by atoms with E-state index in [1.54, 1.807) is 0 Å². The summed E-state index contributed by atoms with van der Waals surface area (Å²) in [7, 11) is 0. The van der Waals surface area contributed by atoms with Crippen molar-refractivity contribution in [1.29, 1.82) is 0 Å². The Morgan fingerprint density at radius 1 is 1.33 bits per heavy atom. The number of carbonyl (C=O) groups excluding carboxylic acids is 3. The van der Waals surface area contributed by atoms with E-state index < -0.39 is 11.9 Å². The van der Waals surface area contributed by atoms with Gasteiger partial charge < -0.3 is 10.5 Å². The van der Waals surface area contributed by atoms with E-state index in [9.17, 15) is 14.4 Å². The fourth-order valence-electron chi connectivity index (χ4n) is 0.830. The summed E-state index contributed by atoms with van der Waals surface area (Å²) in [5.41, 5.74) is 4.99. The monoisotopic (exact) mass is 213 g/mol. The number of carbonyl (C=O) groups is 3. The molecule has 0 fully saturated rings. The normalized spacial score (nSPS) is 10.9. The van der Waals surface area contributed by atoms with E-state index in [2.05, 4.69) is 4.74 Å². The van der Waals surface area contributed by atoms with Gasteiger partial charge in [0.15, 0.2) is 5.76 Å². The maximum absolute atomic E-state index is 11.0. The molecule has 1 amide bonds. The van der Waals surface area contributed by atoms with Gasteiger partial charge >= 0.3 is 5.97 Å². The highest BCUT2D eigenvalue weighted by Crippen LogP contribution is 2.03. The first-order valence-electron chi connectivity index (χ1n) is 4.67.